The Morgan fingerprint density at radius 3 is 2.05 bits per heavy atom. The van der Waals surface area contributed by atoms with Crippen LogP contribution in [0.2, 0.25) is 0 Å². The fourth-order valence-corrected chi connectivity index (χ4v) is 7.72. The molecule has 44 heavy (non-hydrogen) atoms. The number of carbonyl (C=O) groups is 4. The van der Waals surface area contributed by atoms with E-state index in [-0.39, 0.29) is 33.4 Å². The van der Waals surface area contributed by atoms with Crippen molar-refractivity contribution in [1.29, 1.82) is 0 Å². The van der Waals surface area contributed by atoms with Crippen LogP contribution < -0.4 is 4.74 Å². The number of aliphatic hydroxyl groups is 2. The van der Waals surface area contributed by atoms with Crippen molar-refractivity contribution in [2.75, 3.05) is 14.2 Å². The summed E-state index contributed by atoms with van der Waals surface area (Å²) in [6.45, 7) is 5.71. The minimum absolute atomic E-state index is 0.0165. The van der Waals surface area contributed by atoms with E-state index in [1.54, 1.807) is 36.4 Å². The molecule has 3 aromatic rings. The number of methoxy groups -OCH3 is 2. The molecule has 228 valence electrons. The summed E-state index contributed by atoms with van der Waals surface area (Å²) in [6, 6.07) is 12.5. The van der Waals surface area contributed by atoms with Crippen LogP contribution in [0, 0.1) is 11.3 Å². The second-order valence-electron chi connectivity index (χ2n) is 12.6. The van der Waals surface area contributed by atoms with Crippen LogP contribution in [0.5, 0.6) is 11.5 Å². The number of phenols is 1. The first-order valence-corrected chi connectivity index (χ1v) is 14.1. The molecule has 3 aromatic carbocycles. The first kappa shape index (κ1) is 29.5. The highest BCUT2D eigenvalue weighted by molar-refractivity contribution is 6.32. The molecule has 3 aliphatic rings. The van der Waals surface area contributed by atoms with E-state index in [9.17, 15) is 34.5 Å². The lowest BCUT2D eigenvalue weighted by atomic mass is 9.45. The molecular formula is C34H32O10. The number of phenolic OH excluding ortho intramolecular Hbond substituents is 1. The van der Waals surface area contributed by atoms with E-state index >= 15 is 0 Å². The topological polar surface area (TPSA) is 157 Å². The van der Waals surface area contributed by atoms with Crippen LogP contribution in [0.3, 0.4) is 0 Å². The maximum atomic E-state index is 14.9. The number of fused-ring (bicyclic) bond motifs is 8. The van der Waals surface area contributed by atoms with Gasteiger partial charge in [0.15, 0.2) is 22.6 Å². The van der Waals surface area contributed by atoms with Crippen LogP contribution in [-0.2, 0) is 14.3 Å². The van der Waals surface area contributed by atoms with Gasteiger partial charge < -0.3 is 29.5 Å². The number of esters is 2. The predicted octanol–water partition coefficient (Wildman–Crippen LogP) is 3.88. The Balaban J connectivity index is 1.92. The van der Waals surface area contributed by atoms with Crippen molar-refractivity contribution in [2.45, 2.75) is 50.4 Å². The number of hydrogen-bond acceptors (Lipinski definition) is 10. The van der Waals surface area contributed by atoms with Crippen molar-refractivity contribution < 1.29 is 48.7 Å². The normalized spacial score (nSPS) is 25.7. The predicted molar refractivity (Wildman–Crippen MR) is 157 cm³/mol. The van der Waals surface area contributed by atoms with Gasteiger partial charge in [0, 0.05) is 39.0 Å². The molecule has 6 rings (SSSR count). The van der Waals surface area contributed by atoms with Crippen molar-refractivity contribution in [3.8, 4) is 11.5 Å². The van der Waals surface area contributed by atoms with Crippen LogP contribution in [0.4, 0.5) is 0 Å². The lowest BCUT2D eigenvalue weighted by molar-refractivity contribution is -0.194. The molecule has 10 heteroatoms. The monoisotopic (exact) mass is 600 g/mol. The summed E-state index contributed by atoms with van der Waals surface area (Å²) < 4.78 is 17.2. The Kier molecular flexibility index (Phi) is 6.20. The zero-order chi connectivity index (χ0) is 32.1. The van der Waals surface area contributed by atoms with Gasteiger partial charge in [0.1, 0.15) is 22.7 Å². The molecule has 1 aliphatic heterocycles. The molecule has 0 amide bonds. The Hall–Kier alpha value is -4.54. The second kappa shape index (κ2) is 9.23. The van der Waals surface area contributed by atoms with E-state index in [1.807, 2.05) is 0 Å². The average molecular weight is 601 g/mol. The van der Waals surface area contributed by atoms with Gasteiger partial charge in [-0.05, 0) is 27.7 Å². The third-order valence-electron chi connectivity index (χ3n) is 9.45. The van der Waals surface area contributed by atoms with Gasteiger partial charge in [-0.2, -0.15) is 0 Å². The molecule has 0 saturated heterocycles. The highest BCUT2D eigenvalue weighted by atomic mass is 16.5. The van der Waals surface area contributed by atoms with Gasteiger partial charge in [0.2, 0.25) is 0 Å². The minimum Gasteiger partial charge on any atom is -0.506 e. The van der Waals surface area contributed by atoms with Gasteiger partial charge in [-0.25, -0.2) is 4.79 Å². The highest BCUT2D eigenvalue weighted by Crippen LogP contribution is 2.70. The number of ketones is 2. The maximum absolute atomic E-state index is 14.9. The van der Waals surface area contributed by atoms with Crippen molar-refractivity contribution >= 4 is 34.3 Å². The first-order valence-electron chi connectivity index (χ1n) is 14.1. The summed E-state index contributed by atoms with van der Waals surface area (Å²) in [4.78, 5) is 57.2. The van der Waals surface area contributed by atoms with Crippen molar-refractivity contribution in [3.05, 3.63) is 82.4 Å². The Morgan fingerprint density at radius 2 is 1.48 bits per heavy atom. The van der Waals surface area contributed by atoms with E-state index in [1.165, 1.54) is 45.9 Å². The molecule has 0 aromatic heterocycles. The molecule has 0 bridgehead atoms. The van der Waals surface area contributed by atoms with Crippen LogP contribution in [0.1, 0.15) is 70.3 Å². The van der Waals surface area contributed by atoms with Gasteiger partial charge in [0.25, 0.3) is 0 Å². The Morgan fingerprint density at radius 1 is 0.886 bits per heavy atom. The van der Waals surface area contributed by atoms with Gasteiger partial charge >= 0.3 is 11.9 Å². The van der Waals surface area contributed by atoms with Crippen LogP contribution in [0.15, 0.2) is 60.2 Å². The van der Waals surface area contributed by atoms with Gasteiger partial charge in [-0.1, -0.05) is 54.6 Å². The van der Waals surface area contributed by atoms with E-state index in [0.717, 1.165) is 14.2 Å². The fraction of sp³-hybridized carbons (Fsp3) is 0.353. The zero-order valence-corrected chi connectivity index (χ0v) is 25.1. The number of rotatable bonds is 4. The summed E-state index contributed by atoms with van der Waals surface area (Å²) in [6.07, 6.45) is 1.33. The van der Waals surface area contributed by atoms with Crippen LogP contribution in [0.25, 0.3) is 10.8 Å². The van der Waals surface area contributed by atoms with Gasteiger partial charge in [-0.15, -0.1) is 0 Å². The Bertz CT molecular complexity index is 1840. The number of benzene rings is 3. The van der Waals surface area contributed by atoms with Gasteiger partial charge in [0.05, 0.1) is 25.7 Å². The van der Waals surface area contributed by atoms with Crippen molar-refractivity contribution in [2.24, 2.45) is 11.3 Å². The lowest BCUT2D eigenvalue weighted by Crippen LogP contribution is -2.72. The molecule has 0 spiro atoms. The number of Topliss-reactive ketones (excluding diaryl/α,β-unsaturated/α-hetero) is 2. The van der Waals surface area contributed by atoms with Crippen LogP contribution in [-0.4, -0.2) is 69.8 Å². The van der Waals surface area contributed by atoms with Gasteiger partial charge in [-0.3, -0.25) is 14.4 Å². The molecule has 0 radical (unpaired) electrons. The summed E-state index contributed by atoms with van der Waals surface area (Å²) in [5.74, 6) is -7.09. The Labute approximate surface area is 252 Å². The zero-order valence-electron chi connectivity index (χ0n) is 25.1. The molecule has 3 N–H and O–H groups in total. The second-order valence-corrected chi connectivity index (χ2v) is 12.6. The lowest BCUT2D eigenvalue weighted by Gasteiger charge is -2.58. The number of ether oxygens (including phenoxy) is 3. The molecule has 1 heterocycles. The summed E-state index contributed by atoms with van der Waals surface area (Å²) in [5.41, 5.74) is -9.15. The number of hydrogen-bond donors (Lipinski definition) is 3. The highest BCUT2D eigenvalue weighted by Gasteiger charge is 2.78. The van der Waals surface area contributed by atoms with E-state index in [2.05, 4.69) is 0 Å². The molecule has 2 aliphatic carbocycles. The fourth-order valence-electron chi connectivity index (χ4n) is 7.72. The SMILES string of the molecule is COC(=O)c1c2c(c3ccccc3c1O)OC1(C(C)(C)O)C(C(C)(C)O)C=C3C(=O)c4ccccc4C(=O)C3(C(=O)OC)C21. The minimum atomic E-state index is -2.51. The average Bonchev–Trinajstić information content (AvgIpc) is 3.36. The molecule has 10 nitrogen and oxygen atoms in total. The largest absolute Gasteiger partial charge is 0.506 e. The van der Waals surface area contributed by atoms with Crippen molar-refractivity contribution in [3.63, 3.8) is 0 Å². The first-order chi connectivity index (χ1) is 20.6. The maximum Gasteiger partial charge on any atom is 0.342 e. The summed E-state index contributed by atoms with van der Waals surface area (Å²) in [5, 5.41) is 36.0. The number of carbonyl (C=O) groups excluding carboxylic acids is 4. The van der Waals surface area contributed by atoms with Crippen LogP contribution >= 0.6 is 0 Å². The third-order valence-corrected chi connectivity index (χ3v) is 9.45. The standard InChI is InChI=1S/C34H32O10/c1-31(2,40)21-15-20-24(35)17-12-8-10-14-19(17)28(37)33(20,30(39)43-6)27-23-22(29(38)42-5)25(36)16-11-7-9-13-18(16)26(23)44-34(21,27)32(3,4)41/h7-15,21,27,36,40-41H,1-6H3. The number of aromatic hydroxyl groups is 1. The molecular weight excluding hydrogens is 568 g/mol. The third kappa shape index (κ3) is 3.38. The van der Waals surface area contributed by atoms with E-state index < -0.39 is 68.9 Å². The molecule has 4 atom stereocenters. The summed E-state index contributed by atoms with van der Waals surface area (Å²) in [7, 11) is 2.17. The van der Waals surface area contributed by atoms with E-state index in [0.29, 0.717) is 5.39 Å². The summed E-state index contributed by atoms with van der Waals surface area (Å²) >= 11 is 0. The van der Waals surface area contributed by atoms with E-state index in [4.69, 9.17) is 14.2 Å². The quantitative estimate of drug-likeness (QED) is 0.297. The molecule has 0 fully saturated rings. The van der Waals surface area contributed by atoms with Crippen molar-refractivity contribution in [1.82, 2.24) is 0 Å². The smallest absolute Gasteiger partial charge is 0.342 e. The molecule has 0 saturated carbocycles. The molecule has 4 unspecified atom stereocenters.